The molecule has 2 heterocycles. The van der Waals surface area contributed by atoms with Crippen LogP contribution in [0, 0.1) is 0 Å². The third-order valence-electron chi connectivity index (χ3n) is 5.85. The van der Waals surface area contributed by atoms with Gasteiger partial charge < -0.3 is 29.4 Å². The molecule has 8 atom stereocenters. The predicted molar refractivity (Wildman–Crippen MR) is 154 cm³/mol. The van der Waals surface area contributed by atoms with Crippen molar-refractivity contribution in [3.63, 3.8) is 0 Å². The Kier molecular flexibility index (Phi) is 14.3. The number of H-pyrrole nitrogens is 1. The normalized spacial score (nSPS) is 27.0. The van der Waals surface area contributed by atoms with Gasteiger partial charge in [0.25, 0.3) is 5.56 Å². The number of alkyl halides is 1. The highest BCUT2D eigenvalue weighted by Crippen LogP contribution is 2.68. The third kappa shape index (κ3) is 12.8. The SMILES string of the molecule is CCCCCCCCP(=O)(O)CCP(=O)(O)OP(=O)(O)OP(=O)(O)OC[C@H]1O[C@@H](n2ccc(=O)[nH]c2=O)[C@@H](O)C1I. The molecule has 22 heteroatoms. The van der Waals surface area contributed by atoms with Crippen molar-refractivity contribution < 1.29 is 60.8 Å². The number of aliphatic hydroxyl groups excluding tert-OH is 1. The van der Waals surface area contributed by atoms with E-state index in [4.69, 9.17) is 4.74 Å². The molecule has 6 N–H and O–H groups in total. The zero-order valence-electron chi connectivity index (χ0n) is 22.0. The predicted octanol–water partition coefficient (Wildman–Crippen LogP) is 2.67. The number of aliphatic hydroxyl groups is 1. The van der Waals surface area contributed by atoms with Crippen molar-refractivity contribution in [2.24, 2.45) is 0 Å². The molecule has 0 aliphatic carbocycles. The number of nitrogens with zero attached hydrogens (tertiary/aromatic N) is 1. The van der Waals surface area contributed by atoms with E-state index >= 15 is 0 Å². The molecule has 2 rings (SSSR count). The lowest BCUT2D eigenvalue weighted by atomic mass is 10.1. The molecule has 0 radical (unpaired) electrons. The van der Waals surface area contributed by atoms with Crippen LogP contribution >= 0.6 is 53.2 Å². The van der Waals surface area contributed by atoms with Crippen LogP contribution in [0.3, 0.4) is 0 Å². The van der Waals surface area contributed by atoms with E-state index in [0.717, 1.165) is 42.5 Å². The fourth-order valence-electron chi connectivity index (χ4n) is 3.77. The zero-order chi connectivity index (χ0) is 31.1. The Hall–Kier alpha value is -0.0300. The van der Waals surface area contributed by atoms with Crippen LogP contribution in [0.5, 0.6) is 0 Å². The molecule has 5 unspecified atom stereocenters. The average molecular weight is 782 g/mol. The molecule has 17 nitrogen and oxygen atoms in total. The van der Waals surface area contributed by atoms with Crippen LogP contribution in [0.2, 0.25) is 0 Å². The summed E-state index contributed by atoms with van der Waals surface area (Å²) in [5.74, 6) is 0. The van der Waals surface area contributed by atoms with Gasteiger partial charge in [0.15, 0.2) is 6.23 Å². The monoisotopic (exact) mass is 782 g/mol. The zero-order valence-corrected chi connectivity index (χ0v) is 27.7. The van der Waals surface area contributed by atoms with E-state index in [9.17, 15) is 52.5 Å². The molecule has 1 aliphatic heterocycles. The van der Waals surface area contributed by atoms with Crippen molar-refractivity contribution in [3.05, 3.63) is 33.1 Å². The van der Waals surface area contributed by atoms with Gasteiger partial charge in [-0.1, -0.05) is 61.6 Å². The van der Waals surface area contributed by atoms with Gasteiger partial charge in [0.05, 0.1) is 22.8 Å². The maximum atomic E-state index is 12.3. The van der Waals surface area contributed by atoms with Crippen molar-refractivity contribution in [1.82, 2.24) is 9.55 Å². The van der Waals surface area contributed by atoms with E-state index < -0.39 is 83.2 Å². The molecule has 41 heavy (non-hydrogen) atoms. The van der Waals surface area contributed by atoms with Gasteiger partial charge in [-0.15, -0.1) is 0 Å². The summed E-state index contributed by atoms with van der Waals surface area (Å²) < 4.78 is 67.4. The summed E-state index contributed by atoms with van der Waals surface area (Å²) in [4.78, 5) is 64.8. The van der Waals surface area contributed by atoms with Crippen LogP contribution in [-0.4, -0.2) is 75.5 Å². The van der Waals surface area contributed by atoms with E-state index in [-0.39, 0.29) is 6.16 Å². The van der Waals surface area contributed by atoms with Gasteiger partial charge in [-0.3, -0.25) is 28.0 Å². The Morgan fingerprint density at radius 3 is 2.22 bits per heavy atom. The molecule has 1 aromatic rings. The second-order valence-electron chi connectivity index (χ2n) is 9.34. The molecule has 1 aromatic heterocycles. The summed E-state index contributed by atoms with van der Waals surface area (Å²) in [5.41, 5.74) is -1.58. The van der Waals surface area contributed by atoms with Crippen LogP contribution in [-0.2, 0) is 36.1 Å². The molecular formula is C19H35IN2O15P4. The van der Waals surface area contributed by atoms with E-state index in [0.29, 0.717) is 12.8 Å². The molecule has 0 bridgehead atoms. The minimum absolute atomic E-state index is 0.112. The van der Waals surface area contributed by atoms with Gasteiger partial charge in [0.2, 0.25) is 7.37 Å². The van der Waals surface area contributed by atoms with Crippen molar-refractivity contribution in [1.29, 1.82) is 0 Å². The molecule has 0 aromatic carbocycles. The summed E-state index contributed by atoms with van der Waals surface area (Å²) in [5, 5.41) is 10.4. The third-order valence-corrected chi connectivity index (χ3v) is 14.4. The fourth-order valence-corrected chi connectivity index (χ4v) is 11.3. The topological polar surface area (TPSA) is 261 Å². The van der Waals surface area contributed by atoms with Crippen molar-refractivity contribution >= 4 is 53.2 Å². The quantitative estimate of drug-likeness (QED) is 0.0541. The molecule has 1 aliphatic rings. The Balaban J connectivity index is 1.88. The van der Waals surface area contributed by atoms with Crippen LogP contribution in [0.4, 0.5) is 0 Å². The Labute approximate surface area is 248 Å². The highest BCUT2D eigenvalue weighted by Gasteiger charge is 2.46. The molecule has 0 amide bonds. The standard InChI is InChI=1S/C19H35IN2O15P4/c1-2-3-4-5-6-7-10-38(26,27)11-12-39(28,29)36-41(32,33)37-40(30,31)34-13-14-16(20)17(24)18(35-14)22-9-8-15(23)21-19(22)25/h8-9,14,16-18,24H,2-7,10-13H2,1H3,(H,26,27)(H,28,29)(H,30,31)(H,32,33)(H,21,23,25)/t14-,16?,17+,18-/m1/s1. The number of aromatic amines is 1. The minimum atomic E-state index is -5.71. The number of nitrogens with one attached hydrogen (secondary N) is 1. The molecule has 1 fully saturated rings. The van der Waals surface area contributed by atoms with Crippen LogP contribution < -0.4 is 11.2 Å². The Bertz CT molecular complexity index is 1320. The first-order chi connectivity index (χ1) is 18.9. The fraction of sp³-hybridized carbons (Fsp3) is 0.789. The van der Waals surface area contributed by atoms with Gasteiger partial charge in [0, 0.05) is 24.6 Å². The number of halogens is 1. The molecule has 0 spiro atoms. The van der Waals surface area contributed by atoms with Gasteiger partial charge >= 0.3 is 28.9 Å². The Morgan fingerprint density at radius 1 is 0.951 bits per heavy atom. The maximum absolute atomic E-state index is 12.3. The van der Waals surface area contributed by atoms with Crippen LogP contribution in [0.25, 0.3) is 0 Å². The second kappa shape index (κ2) is 15.8. The smallest absolute Gasteiger partial charge is 0.387 e. The number of aromatic nitrogens is 2. The van der Waals surface area contributed by atoms with Gasteiger partial charge in [-0.25, -0.2) is 18.2 Å². The Morgan fingerprint density at radius 2 is 1.59 bits per heavy atom. The largest absolute Gasteiger partial charge is 0.488 e. The van der Waals surface area contributed by atoms with Crippen molar-refractivity contribution in [2.45, 2.75) is 67.8 Å². The first kappa shape index (κ1) is 37.2. The molecule has 238 valence electrons. The number of phosphoric acid groups is 2. The highest BCUT2D eigenvalue weighted by molar-refractivity contribution is 14.1. The summed E-state index contributed by atoms with van der Waals surface area (Å²) in [6.45, 7) is 1.24. The average Bonchev–Trinajstić information content (AvgIpc) is 3.11. The van der Waals surface area contributed by atoms with Crippen molar-refractivity contribution in [2.75, 3.05) is 25.1 Å². The highest BCUT2D eigenvalue weighted by atomic mass is 127. The van der Waals surface area contributed by atoms with Gasteiger partial charge in [-0.05, 0) is 6.42 Å². The number of hydrogen-bond acceptors (Lipinski definition) is 11. The van der Waals surface area contributed by atoms with Gasteiger partial charge in [-0.2, -0.15) is 4.31 Å². The summed E-state index contributed by atoms with van der Waals surface area (Å²) in [6.07, 6.45) is 0.544. The first-order valence-electron chi connectivity index (χ1n) is 12.5. The lowest BCUT2D eigenvalue weighted by Gasteiger charge is -2.21. The second-order valence-corrected chi connectivity index (χ2v) is 18.5. The van der Waals surface area contributed by atoms with E-state index in [2.05, 4.69) is 20.1 Å². The number of hydrogen-bond donors (Lipinski definition) is 6. The van der Waals surface area contributed by atoms with Crippen LogP contribution in [0.15, 0.2) is 21.9 Å². The lowest BCUT2D eigenvalue weighted by Crippen LogP contribution is -2.36. The molecule has 1 saturated heterocycles. The van der Waals surface area contributed by atoms with E-state index in [1.165, 1.54) is 0 Å². The molecule has 0 saturated carbocycles. The number of ether oxygens (including phenoxy) is 1. The number of unbranched alkanes of at least 4 members (excludes halogenated alkanes) is 5. The summed E-state index contributed by atoms with van der Waals surface area (Å²) in [6, 6.07) is 1.01. The lowest BCUT2D eigenvalue weighted by molar-refractivity contribution is -0.0523. The van der Waals surface area contributed by atoms with E-state index in [1.807, 2.05) is 4.98 Å². The number of phosphoric ester groups is 1. The summed E-state index contributed by atoms with van der Waals surface area (Å²) in [7, 11) is -20.0. The number of rotatable bonds is 18. The van der Waals surface area contributed by atoms with Crippen LogP contribution in [0.1, 0.15) is 51.7 Å². The first-order valence-corrected chi connectivity index (χ1v) is 20.5. The summed E-state index contributed by atoms with van der Waals surface area (Å²) >= 11 is 1.71. The van der Waals surface area contributed by atoms with Crippen molar-refractivity contribution in [3.8, 4) is 0 Å². The van der Waals surface area contributed by atoms with E-state index in [1.54, 1.807) is 22.6 Å². The van der Waals surface area contributed by atoms with Gasteiger partial charge in [0.1, 0.15) is 6.10 Å². The molecular weight excluding hydrogens is 747 g/mol. The minimum Gasteiger partial charge on any atom is -0.387 e. The maximum Gasteiger partial charge on any atom is 0.488 e.